The fourth-order valence-corrected chi connectivity index (χ4v) is 4.01. The van der Waals surface area contributed by atoms with Crippen molar-refractivity contribution >= 4 is 5.97 Å². The first-order chi connectivity index (χ1) is 11.1. The molecule has 2 bridgehead atoms. The van der Waals surface area contributed by atoms with E-state index in [-0.39, 0.29) is 17.4 Å². The summed E-state index contributed by atoms with van der Waals surface area (Å²) in [5.74, 6) is -0.396. The predicted molar refractivity (Wildman–Crippen MR) is 81.0 cm³/mol. The second-order valence-corrected chi connectivity index (χ2v) is 6.12. The number of ether oxygens (including phenoxy) is 1. The van der Waals surface area contributed by atoms with E-state index >= 15 is 0 Å². The van der Waals surface area contributed by atoms with Crippen molar-refractivity contribution in [2.24, 2.45) is 0 Å². The molecule has 0 spiro atoms. The highest BCUT2D eigenvalue weighted by Gasteiger charge is 2.44. The van der Waals surface area contributed by atoms with Gasteiger partial charge in [-0.05, 0) is 44.2 Å². The zero-order chi connectivity index (χ0) is 16.1. The number of hydrogen-bond acceptors (Lipinski definition) is 3. The molecule has 1 N–H and O–H groups in total. The first-order valence-corrected chi connectivity index (χ1v) is 7.89. The first kappa shape index (κ1) is 14.2. The van der Waals surface area contributed by atoms with Gasteiger partial charge in [-0.2, -0.15) is 5.10 Å². The minimum atomic E-state index is -1.01. The molecule has 2 aliphatic rings. The fourth-order valence-electron chi connectivity index (χ4n) is 4.01. The van der Waals surface area contributed by atoms with Crippen LogP contribution in [0, 0.1) is 5.82 Å². The van der Waals surface area contributed by atoms with Gasteiger partial charge >= 0.3 is 5.97 Å². The molecule has 0 aliphatic heterocycles. The van der Waals surface area contributed by atoms with Crippen LogP contribution in [0.25, 0.3) is 5.69 Å². The Morgan fingerprint density at radius 3 is 2.96 bits per heavy atom. The number of nitrogens with zero attached hydrogens (tertiary/aromatic N) is 2. The molecule has 5 nitrogen and oxygen atoms in total. The van der Waals surface area contributed by atoms with Crippen LogP contribution in [0.4, 0.5) is 4.39 Å². The van der Waals surface area contributed by atoms with Gasteiger partial charge in [-0.15, -0.1) is 0 Å². The van der Waals surface area contributed by atoms with Crippen molar-refractivity contribution in [3.8, 4) is 11.4 Å². The van der Waals surface area contributed by atoms with Crippen LogP contribution in [-0.2, 0) is 0 Å². The van der Waals surface area contributed by atoms with Gasteiger partial charge < -0.3 is 9.84 Å². The van der Waals surface area contributed by atoms with Crippen molar-refractivity contribution in [1.82, 2.24) is 9.78 Å². The lowest BCUT2D eigenvalue weighted by Gasteiger charge is -2.16. The van der Waals surface area contributed by atoms with E-state index in [0.29, 0.717) is 24.0 Å². The quantitative estimate of drug-likeness (QED) is 0.938. The molecule has 6 heteroatoms. The van der Waals surface area contributed by atoms with Crippen LogP contribution in [0.1, 0.15) is 59.8 Å². The first-order valence-electron chi connectivity index (χ1n) is 7.89. The third-order valence-electron chi connectivity index (χ3n) is 4.84. The summed E-state index contributed by atoms with van der Waals surface area (Å²) in [6.07, 6.45) is 3.05. The molecule has 4 rings (SSSR count). The molecule has 1 heterocycles. The average Bonchev–Trinajstić information content (AvgIpc) is 3.19. The Morgan fingerprint density at radius 1 is 1.43 bits per heavy atom. The molecule has 0 radical (unpaired) electrons. The monoisotopic (exact) mass is 316 g/mol. The molecule has 2 atom stereocenters. The summed E-state index contributed by atoms with van der Waals surface area (Å²) in [5.41, 5.74) is 2.55. The maximum absolute atomic E-state index is 13.5. The number of halogens is 1. The molecule has 1 aromatic heterocycles. The second kappa shape index (κ2) is 5.08. The lowest BCUT2D eigenvalue weighted by Crippen LogP contribution is -2.08. The number of fused-ring (bicyclic) bond motifs is 5. The van der Waals surface area contributed by atoms with Crippen molar-refractivity contribution in [2.45, 2.75) is 38.0 Å². The van der Waals surface area contributed by atoms with Crippen LogP contribution in [-0.4, -0.2) is 27.5 Å². The van der Waals surface area contributed by atoms with Gasteiger partial charge in [0.1, 0.15) is 17.3 Å². The lowest BCUT2D eigenvalue weighted by atomic mass is 9.95. The van der Waals surface area contributed by atoms with E-state index in [0.717, 1.165) is 30.5 Å². The highest BCUT2D eigenvalue weighted by molar-refractivity contribution is 5.88. The third-order valence-corrected chi connectivity index (χ3v) is 4.84. The number of carbonyl (C=O) groups is 1. The topological polar surface area (TPSA) is 64.4 Å². The van der Waals surface area contributed by atoms with E-state index in [1.165, 1.54) is 12.1 Å². The van der Waals surface area contributed by atoms with Gasteiger partial charge in [0.2, 0.25) is 0 Å². The Balaban J connectivity index is 1.93. The van der Waals surface area contributed by atoms with Crippen LogP contribution in [0.3, 0.4) is 0 Å². The molecule has 2 aromatic rings. The minimum Gasteiger partial charge on any atom is -0.492 e. The highest BCUT2D eigenvalue weighted by Crippen LogP contribution is 2.54. The lowest BCUT2D eigenvalue weighted by molar-refractivity contribution is 0.0688. The zero-order valence-corrected chi connectivity index (χ0v) is 12.8. The summed E-state index contributed by atoms with van der Waals surface area (Å²) >= 11 is 0. The van der Waals surface area contributed by atoms with E-state index in [4.69, 9.17) is 4.74 Å². The largest absolute Gasteiger partial charge is 0.492 e. The summed E-state index contributed by atoms with van der Waals surface area (Å²) < 4.78 is 20.7. The summed E-state index contributed by atoms with van der Waals surface area (Å²) in [6, 6.07) is 4.27. The van der Waals surface area contributed by atoms with Crippen molar-refractivity contribution in [1.29, 1.82) is 0 Å². The van der Waals surface area contributed by atoms with Crippen LogP contribution in [0.2, 0.25) is 0 Å². The van der Waals surface area contributed by atoms with E-state index in [2.05, 4.69) is 5.10 Å². The Hall–Kier alpha value is -2.37. The van der Waals surface area contributed by atoms with Crippen LogP contribution < -0.4 is 4.74 Å². The van der Waals surface area contributed by atoms with E-state index in [1.807, 2.05) is 6.92 Å². The second-order valence-electron chi connectivity index (χ2n) is 6.12. The van der Waals surface area contributed by atoms with Gasteiger partial charge in [0.15, 0.2) is 5.69 Å². The van der Waals surface area contributed by atoms with Crippen LogP contribution >= 0.6 is 0 Å². The SMILES string of the molecule is CCOc1cc(F)ccc1-n1nc(C(=O)O)c2c1C1CCC2C1. The summed E-state index contributed by atoms with van der Waals surface area (Å²) in [5, 5.41) is 13.8. The Labute approximate surface area is 132 Å². The van der Waals surface area contributed by atoms with Crippen molar-refractivity contribution in [3.05, 3.63) is 41.0 Å². The average molecular weight is 316 g/mol. The summed E-state index contributed by atoms with van der Waals surface area (Å²) in [6.45, 7) is 2.23. The normalized spacial score (nSPS) is 21.5. The minimum absolute atomic E-state index is 0.124. The molecule has 2 aliphatic carbocycles. The Bertz CT molecular complexity index is 799. The number of aromatic nitrogens is 2. The third kappa shape index (κ3) is 2.04. The number of aromatic carboxylic acids is 1. The molecule has 23 heavy (non-hydrogen) atoms. The van der Waals surface area contributed by atoms with Gasteiger partial charge in [-0.3, -0.25) is 0 Å². The smallest absolute Gasteiger partial charge is 0.356 e. The number of rotatable bonds is 4. The molecule has 0 amide bonds. The molecule has 1 saturated carbocycles. The summed E-state index contributed by atoms with van der Waals surface area (Å²) in [7, 11) is 0. The highest BCUT2D eigenvalue weighted by atomic mass is 19.1. The van der Waals surface area contributed by atoms with Crippen molar-refractivity contribution in [3.63, 3.8) is 0 Å². The number of carboxylic acids is 1. The summed E-state index contributed by atoms with van der Waals surface area (Å²) in [4.78, 5) is 11.6. The van der Waals surface area contributed by atoms with E-state index in [9.17, 15) is 14.3 Å². The predicted octanol–water partition coefficient (Wildman–Crippen LogP) is 3.47. The molecule has 2 unspecified atom stereocenters. The van der Waals surface area contributed by atoms with E-state index < -0.39 is 5.97 Å². The van der Waals surface area contributed by atoms with Crippen molar-refractivity contribution in [2.75, 3.05) is 6.61 Å². The maximum atomic E-state index is 13.5. The Morgan fingerprint density at radius 2 is 2.22 bits per heavy atom. The standard InChI is InChI=1S/C17H17FN2O3/c1-2-23-13-8-11(18)5-6-12(13)20-16-10-4-3-9(7-10)14(16)15(19-20)17(21)22/h5-6,8-10H,2-4,7H2,1H3,(H,21,22). The van der Waals surface area contributed by atoms with E-state index in [1.54, 1.807) is 10.7 Å². The van der Waals surface area contributed by atoms with Crippen LogP contribution in [0.15, 0.2) is 18.2 Å². The van der Waals surface area contributed by atoms with Crippen molar-refractivity contribution < 1.29 is 19.0 Å². The van der Waals surface area contributed by atoms with Crippen LogP contribution in [0.5, 0.6) is 5.75 Å². The molecular formula is C17H17FN2O3. The number of carboxylic acid groups (broad SMARTS) is 1. The molecular weight excluding hydrogens is 299 g/mol. The molecule has 120 valence electrons. The number of hydrogen-bond donors (Lipinski definition) is 1. The molecule has 0 saturated heterocycles. The van der Waals surface area contributed by atoms with Gasteiger partial charge in [-0.1, -0.05) is 0 Å². The van der Waals surface area contributed by atoms with Gasteiger partial charge in [-0.25, -0.2) is 13.9 Å². The van der Waals surface area contributed by atoms with Gasteiger partial charge in [0, 0.05) is 17.5 Å². The maximum Gasteiger partial charge on any atom is 0.356 e. The van der Waals surface area contributed by atoms with Gasteiger partial charge in [0.25, 0.3) is 0 Å². The zero-order valence-electron chi connectivity index (χ0n) is 12.8. The number of benzene rings is 1. The fraction of sp³-hybridized carbons (Fsp3) is 0.412. The van der Waals surface area contributed by atoms with Gasteiger partial charge in [0.05, 0.1) is 12.3 Å². The Kier molecular flexibility index (Phi) is 3.14. The molecule has 1 aromatic carbocycles. The molecule has 1 fully saturated rings.